The van der Waals surface area contributed by atoms with E-state index in [0.717, 1.165) is 12.0 Å². The lowest BCUT2D eigenvalue weighted by Gasteiger charge is -2.33. The van der Waals surface area contributed by atoms with Crippen molar-refractivity contribution in [2.45, 2.75) is 38.6 Å². The van der Waals surface area contributed by atoms with Crippen LogP contribution in [0.4, 0.5) is 0 Å². The van der Waals surface area contributed by atoms with E-state index in [1.165, 1.54) is 4.90 Å². The summed E-state index contributed by atoms with van der Waals surface area (Å²) >= 11 is 0. The Bertz CT molecular complexity index is 543. The van der Waals surface area contributed by atoms with Gasteiger partial charge in [-0.05, 0) is 37.8 Å². The molecule has 1 aliphatic heterocycles. The zero-order chi connectivity index (χ0) is 15.5. The van der Waals surface area contributed by atoms with Crippen molar-refractivity contribution in [2.75, 3.05) is 13.2 Å². The Hall–Kier alpha value is -2.04. The van der Waals surface area contributed by atoms with Crippen LogP contribution in [0.5, 0.6) is 5.75 Å². The second kappa shape index (κ2) is 6.16. The van der Waals surface area contributed by atoms with Crippen molar-refractivity contribution < 1.29 is 19.4 Å². The summed E-state index contributed by atoms with van der Waals surface area (Å²) in [6.07, 6.45) is 1.64. The normalized spacial score (nSPS) is 21.3. The maximum Gasteiger partial charge on any atom is 0.329 e. The summed E-state index contributed by atoms with van der Waals surface area (Å²) < 4.78 is 5.54. The van der Waals surface area contributed by atoms with E-state index in [1.54, 1.807) is 6.07 Å². The van der Waals surface area contributed by atoms with Gasteiger partial charge in [0, 0.05) is 6.54 Å². The molecule has 1 fully saturated rings. The number of carboxylic acid groups (broad SMARTS) is 1. The van der Waals surface area contributed by atoms with Crippen molar-refractivity contribution in [3.63, 3.8) is 0 Å². The van der Waals surface area contributed by atoms with Crippen LogP contribution in [0, 0.1) is 6.92 Å². The molecule has 0 aromatic heterocycles. The van der Waals surface area contributed by atoms with E-state index in [0.29, 0.717) is 25.1 Å². The number of aliphatic carboxylic acids is 1. The van der Waals surface area contributed by atoms with Crippen LogP contribution in [0.15, 0.2) is 24.3 Å². The number of nitrogens with zero attached hydrogens (tertiary/aromatic N) is 1. The van der Waals surface area contributed by atoms with E-state index < -0.39 is 11.5 Å². The summed E-state index contributed by atoms with van der Waals surface area (Å²) in [5.41, 5.74) is -0.113. The van der Waals surface area contributed by atoms with E-state index >= 15 is 0 Å². The van der Waals surface area contributed by atoms with Crippen LogP contribution < -0.4 is 4.74 Å². The van der Waals surface area contributed by atoms with Crippen LogP contribution in [-0.4, -0.2) is 40.6 Å². The van der Waals surface area contributed by atoms with Crippen LogP contribution in [0.1, 0.15) is 31.7 Å². The third-order valence-corrected chi connectivity index (χ3v) is 4.22. The summed E-state index contributed by atoms with van der Waals surface area (Å²) in [6.45, 7) is 4.07. The average molecular weight is 291 g/mol. The second-order valence-electron chi connectivity index (χ2n) is 5.39. The minimum atomic E-state index is -1.06. The Morgan fingerprint density at radius 1 is 1.38 bits per heavy atom. The second-order valence-corrected chi connectivity index (χ2v) is 5.39. The molecule has 1 amide bonds. The maximum atomic E-state index is 12.3. The number of likely N-dealkylation sites (tertiary alicyclic amines) is 1. The van der Waals surface area contributed by atoms with Gasteiger partial charge in [0.1, 0.15) is 11.3 Å². The first-order chi connectivity index (χ1) is 10.0. The first kappa shape index (κ1) is 15.4. The molecule has 1 unspecified atom stereocenters. The molecule has 21 heavy (non-hydrogen) atoms. The predicted molar refractivity (Wildman–Crippen MR) is 78.3 cm³/mol. The first-order valence-corrected chi connectivity index (χ1v) is 7.23. The SMILES string of the molecule is CCC1(C(=O)O)CCCN1C(=O)COc1ccccc1C. The third kappa shape index (κ3) is 2.86. The first-order valence-electron chi connectivity index (χ1n) is 7.23. The molecule has 1 atom stereocenters. The van der Waals surface area contributed by atoms with Crippen LogP contribution in [-0.2, 0) is 9.59 Å². The van der Waals surface area contributed by atoms with Crippen molar-refractivity contribution in [3.05, 3.63) is 29.8 Å². The lowest BCUT2D eigenvalue weighted by atomic mass is 9.93. The monoisotopic (exact) mass is 291 g/mol. The Kier molecular flexibility index (Phi) is 4.50. The Morgan fingerprint density at radius 2 is 2.10 bits per heavy atom. The largest absolute Gasteiger partial charge is 0.484 e. The standard InChI is InChI=1S/C16H21NO4/c1-3-16(15(19)20)9-6-10-17(16)14(18)11-21-13-8-5-4-7-12(13)2/h4-5,7-8H,3,6,9-11H2,1-2H3,(H,19,20). The molecule has 1 heterocycles. The van der Waals surface area contributed by atoms with Gasteiger partial charge in [-0.1, -0.05) is 25.1 Å². The number of rotatable bonds is 5. The van der Waals surface area contributed by atoms with Crippen LogP contribution >= 0.6 is 0 Å². The summed E-state index contributed by atoms with van der Waals surface area (Å²) in [7, 11) is 0. The van der Waals surface area contributed by atoms with E-state index in [4.69, 9.17) is 4.74 Å². The van der Waals surface area contributed by atoms with Crippen molar-refractivity contribution in [1.29, 1.82) is 0 Å². The van der Waals surface area contributed by atoms with Crippen molar-refractivity contribution in [1.82, 2.24) is 4.90 Å². The summed E-state index contributed by atoms with van der Waals surface area (Å²) in [5, 5.41) is 9.48. The Labute approximate surface area is 124 Å². The summed E-state index contributed by atoms with van der Waals surface area (Å²) in [4.78, 5) is 25.4. The smallest absolute Gasteiger partial charge is 0.329 e. The van der Waals surface area contributed by atoms with Crippen LogP contribution in [0.3, 0.4) is 0 Å². The molecule has 1 aromatic carbocycles. The topological polar surface area (TPSA) is 66.8 Å². The molecule has 1 aromatic rings. The minimum absolute atomic E-state index is 0.125. The molecular weight excluding hydrogens is 270 g/mol. The number of hydrogen-bond acceptors (Lipinski definition) is 3. The number of ether oxygens (including phenoxy) is 1. The number of para-hydroxylation sites is 1. The van der Waals surface area contributed by atoms with Gasteiger partial charge in [0.05, 0.1) is 0 Å². The Morgan fingerprint density at radius 3 is 2.71 bits per heavy atom. The lowest BCUT2D eigenvalue weighted by molar-refractivity contribution is -0.157. The number of carboxylic acids is 1. The Balaban J connectivity index is 2.06. The molecule has 114 valence electrons. The zero-order valence-corrected chi connectivity index (χ0v) is 12.5. The highest BCUT2D eigenvalue weighted by Crippen LogP contribution is 2.33. The van der Waals surface area contributed by atoms with Crippen molar-refractivity contribution >= 4 is 11.9 Å². The average Bonchev–Trinajstić information content (AvgIpc) is 2.91. The molecule has 0 bridgehead atoms. The highest BCUT2D eigenvalue weighted by Gasteiger charge is 2.48. The number of carbonyl (C=O) groups is 2. The quantitative estimate of drug-likeness (QED) is 0.903. The molecule has 5 heteroatoms. The molecule has 1 N–H and O–H groups in total. The van der Waals surface area contributed by atoms with Gasteiger partial charge in [-0.25, -0.2) is 4.79 Å². The zero-order valence-electron chi connectivity index (χ0n) is 12.5. The minimum Gasteiger partial charge on any atom is -0.484 e. The van der Waals surface area contributed by atoms with Crippen molar-refractivity contribution in [3.8, 4) is 5.75 Å². The number of hydrogen-bond donors (Lipinski definition) is 1. The van der Waals surface area contributed by atoms with E-state index in [9.17, 15) is 14.7 Å². The molecule has 1 aliphatic rings. The summed E-state index contributed by atoms with van der Waals surface area (Å²) in [6, 6.07) is 7.45. The molecule has 0 aliphatic carbocycles. The maximum absolute atomic E-state index is 12.3. The van der Waals surface area contributed by atoms with Gasteiger partial charge in [0.2, 0.25) is 0 Å². The van der Waals surface area contributed by atoms with Crippen LogP contribution in [0.25, 0.3) is 0 Å². The summed E-state index contributed by atoms with van der Waals surface area (Å²) in [5.74, 6) is -0.533. The van der Waals surface area contributed by atoms with E-state index in [2.05, 4.69) is 0 Å². The van der Waals surface area contributed by atoms with Gasteiger partial charge in [-0.3, -0.25) is 4.79 Å². The fraction of sp³-hybridized carbons (Fsp3) is 0.500. The number of amides is 1. The van der Waals surface area contributed by atoms with Crippen molar-refractivity contribution in [2.24, 2.45) is 0 Å². The molecule has 0 radical (unpaired) electrons. The fourth-order valence-electron chi connectivity index (χ4n) is 2.92. The molecule has 1 saturated heterocycles. The van der Waals surface area contributed by atoms with Gasteiger partial charge < -0.3 is 14.7 Å². The van der Waals surface area contributed by atoms with Gasteiger partial charge in [-0.15, -0.1) is 0 Å². The van der Waals surface area contributed by atoms with Gasteiger partial charge in [0.15, 0.2) is 6.61 Å². The van der Waals surface area contributed by atoms with E-state index in [-0.39, 0.29) is 12.5 Å². The van der Waals surface area contributed by atoms with Gasteiger partial charge in [-0.2, -0.15) is 0 Å². The lowest BCUT2D eigenvalue weighted by Crippen LogP contribution is -2.53. The predicted octanol–water partition coefficient (Wildman–Crippen LogP) is 2.23. The van der Waals surface area contributed by atoms with Gasteiger partial charge >= 0.3 is 5.97 Å². The van der Waals surface area contributed by atoms with E-state index in [1.807, 2.05) is 32.0 Å². The third-order valence-electron chi connectivity index (χ3n) is 4.22. The number of benzene rings is 1. The molecule has 0 spiro atoms. The molecule has 2 rings (SSSR count). The fourth-order valence-corrected chi connectivity index (χ4v) is 2.92. The highest BCUT2D eigenvalue weighted by atomic mass is 16.5. The highest BCUT2D eigenvalue weighted by molar-refractivity contribution is 5.88. The number of aryl methyl sites for hydroxylation is 1. The van der Waals surface area contributed by atoms with Gasteiger partial charge in [0.25, 0.3) is 5.91 Å². The molecule has 5 nitrogen and oxygen atoms in total. The van der Waals surface area contributed by atoms with Crippen LogP contribution in [0.2, 0.25) is 0 Å². The number of carbonyl (C=O) groups excluding carboxylic acids is 1. The molecular formula is C16H21NO4. The molecule has 0 saturated carbocycles.